The van der Waals surface area contributed by atoms with Gasteiger partial charge in [-0.05, 0) is 6.07 Å². The molecule has 26 heavy (non-hydrogen) atoms. The maximum Gasteiger partial charge on any atom is 0.293 e. The van der Waals surface area contributed by atoms with Crippen LogP contribution in [0.4, 0.5) is 5.82 Å². The predicted molar refractivity (Wildman–Crippen MR) is 99.2 cm³/mol. The molecule has 0 bridgehead atoms. The molecule has 2 aromatic heterocycles. The molecule has 4 rings (SSSR count). The quantitative estimate of drug-likeness (QED) is 0.754. The van der Waals surface area contributed by atoms with Crippen molar-refractivity contribution >= 4 is 16.8 Å². The SMILES string of the molecule is Cn1ccnc(NCC2CN(Cc3coc4ccccc34)CCO2)c1=O. The average Bonchev–Trinajstić information content (AvgIpc) is 3.06. The molecule has 1 aromatic carbocycles. The number of nitrogens with zero attached hydrogens (tertiary/aromatic N) is 3. The summed E-state index contributed by atoms with van der Waals surface area (Å²) in [6.45, 7) is 3.71. The molecular formula is C19H22N4O3. The highest BCUT2D eigenvalue weighted by atomic mass is 16.5. The van der Waals surface area contributed by atoms with E-state index in [0.717, 1.165) is 30.6 Å². The van der Waals surface area contributed by atoms with Crippen molar-refractivity contribution in [2.24, 2.45) is 7.05 Å². The first kappa shape index (κ1) is 16.8. The summed E-state index contributed by atoms with van der Waals surface area (Å²) in [5.74, 6) is 0.358. The van der Waals surface area contributed by atoms with E-state index >= 15 is 0 Å². The van der Waals surface area contributed by atoms with Crippen LogP contribution in [0.2, 0.25) is 0 Å². The topological polar surface area (TPSA) is 72.5 Å². The van der Waals surface area contributed by atoms with Crippen molar-refractivity contribution in [2.45, 2.75) is 12.6 Å². The largest absolute Gasteiger partial charge is 0.464 e. The van der Waals surface area contributed by atoms with Crippen molar-refractivity contribution in [3.63, 3.8) is 0 Å². The maximum absolute atomic E-state index is 12.0. The molecule has 3 heterocycles. The third-order valence-corrected chi connectivity index (χ3v) is 4.69. The molecule has 1 atom stereocenters. The molecule has 1 aliphatic rings. The van der Waals surface area contributed by atoms with Gasteiger partial charge in [0.25, 0.3) is 5.56 Å². The molecular weight excluding hydrogens is 332 g/mol. The lowest BCUT2D eigenvalue weighted by Crippen LogP contribution is -2.45. The fourth-order valence-corrected chi connectivity index (χ4v) is 3.27. The summed E-state index contributed by atoms with van der Waals surface area (Å²) in [6.07, 6.45) is 5.10. The van der Waals surface area contributed by atoms with E-state index in [4.69, 9.17) is 9.15 Å². The predicted octanol–water partition coefficient (Wildman–Crippen LogP) is 1.84. The standard InChI is InChI=1S/C19H22N4O3/c1-22-7-6-20-18(19(22)24)21-10-15-12-23(8-9-25-15)11-14-13-26-17-5-3-2-4-16(14)17/h2-7,13,15H,8-12H2,1H3,(H,20,21). The van der Waals surface area contributed by atoms with Crippen LogP contribution in [-0.2, 0) is 18.3 Å². The molecule has 1 saturated heterocycles. The van der Waals surface area contributed by atoms with Crippen LogP contribution in [0.3, 0.4) is 0 Å². The van der Waals surface area contributed by atoms with Gasteiger partial charge in [0, 0.05) is 56.6 Å². The Kier molecular flexibility index (Phi) is 4.73. The second-order valence-electron chi connectivity index (χ2n) is 6.56. The van der Waals surface area contributed by atoms with Crippen molar-refractivity contribution in [2.75, 3.05) is 31.6 Å². The van der Waals surface area contributed by atoms with Gasteiger partial charge in [0.15, 0.2) is 5.82 Å². The molecule has 7 heteroatoms. The third-order valence-electron chi connectivity index (χ3n) is 4.69. The number of aryl methyl sites for hydroxylation is 1. The van der Waals surface area contributed by atoms with Crippen LogP contribution in [0.5, 0.6) is 0 Å². The lowest BCUT2D eigenvalue weighted by molar-refractivity contribution is -0.0240. The number of ether oxygens (including phenoxy) is 1. The molecule has 1 unspecified atom stereocenters. The van der Waals surface area contributed by atoms with Gasteiger partial charge in [0.1, 0.15) is 5.58 Å². The van der Waals surface area contributed by atoms with Gasteiger partial charge >= 0.3 is 0 Å². The Labute approximate surface area is 151 Å². The Morgan fingerprint density at radius 1 is 1.35 bits per heavy atom. The zero-order valence-electron chi connectivity index (χ0n) is 14.7. The van der Waals surface area contributed by atoms with Crippen LogP contribution in [0, 0.1) is 0 Å². The number of hydrogen-bond acceptors (Lipinski definition) is 6. The van der Waals surface area contributed by atoms with Crippen LogP contribution in [-0.4, -0.2) is 46.8 Å². The number of aromatic nitrogens is 2. The Morgan fingerprint density at radius 3 is 3.15 bits per heavy atom. The minimum Gasteiger partial charge on any atom is -0.464 e. The lowest BCUT2D eigenvalue weighted by atomic mass is 10.1. The molecule has 0 amide bonds. The fraction of sp³-hybridized carbons (Fsp3) is 0.368. The van der Waals surface area contributed by atoms with Gasteiger partial charge in [-0.2, -0.15) is 0 Å². The van der Waals surface area contributed by atoms with Crippen LogP contribution < -0.4 is 10.9 Å². The highest BCUT2D eigenvalue weighted by Crippen LogP contribution is 2.22. The molecule has 136 valence electrons. The van der Waals surface area contributed by atoms with Crippen molar-refractivity contribution < 1.29 is 9.15 Å². The molecule has 1 fully saturated rings. The highest BCUT2D eigenvalue weighted by molar-refractivity contribution is 5.80. The molecule has 1 aliphatic heterocycles. The van der Waals surface area contributed by atoms with E-state index in [2.05, 4.69) is 21.3 Å². The van der Waals surface area contributed by atoms with Gasteiger partial charge in [0.05, 0.1) is 19.0 Å². The summed E-state index contributed by atoms with van der Waals surface area (Å²) in [5, 5.41) is 4.28. The summed E-state index contributed by atoms with van der Waals surface area (Å²) >= 11 is 0. The number of nitrogens with one attached hydrogen (secondary N) is 1. The minimum atomic E-state index is -0.134. The number of rotatable bonds is 5. The van der Waals surface area contributed by atoms with Gasteiger partial charge in [-0.25, -0.2) is 4.98 Å². The van der Waals surface area contributed by atoms with E-state index in [0.29, 0.717) is 19.0 Å². The summed E-state index contributed by atoms with van der Waals surface area (Å²) < 4.78 is 13.0. The number of furan rings is 1. The summed E-state index contributed by atoms with van der Waals surface area (Å²) in [6, 6.07) is 8.08. The van der Waals surface area contributed by atoms with Crippen LogP contribution in [0.1, 0.15) is 5.56 Å². The normalized spacial score (nSPS) is 18.3. The molecule has 1 N–H and O–H groups in total. The molecule has 0 spiro atoms. The first-order valence-corrected chi connectivity index (χ1v) is 8.75. The van der Waals surface area contributed by atoms with Crippen molar-refractivity contribution in [1.82, 2.24) is 14.5 Å². The van der Waals surface area contributed by atoms with Crippen LogP contribution in [0.15, 0.2) is 52.1 Å². The molecule has 0 saturated carbocycles. The van der Waals surface area contributed by atoms with Crippen LogP contribution in [0.25, 0.3) is 11.0 Å². The van der Waals surface area contributed by atoms with Crippen LogP contribution >= 0.6 is 0 Å². The second kappa shape index (κ2) is 7.31. The summed E-state index contributed by atoms with van der Waals surface area (Å²) in [5.41, 5.74) is 1.97. The molecule has 7 nitrogen and oxygen atoms in total. The Bertz CT molecular complexity index is 949. The van der Waals surface area contributed by atoms with Crippen molar-refractivity contribution in [3.8, 4) is 0 Å². The highest BCUT2D eigenvalue weighted by Gasteiger charge is 2.22. The van der Waals surface area contributed by atoms with E-state index in [1.54, 1.807) is 19.4 Å². The number of hydrogen-bond donors (Lipinski definition) is 1. The van der Waals surface area contributed by atoms with Crippen molar-refractivity contribution in [1.29, 1.82) is 0 Å². The number of morpholine rings is 1. The first-order chi connectivity index (χ1) is 12.7. The Morgan fingerprint density at radius 2 is 2.23 bits per heavy atom. The number of anilines is 1. The molecule has 0 aliphatic carbocycles. The second-order valence-corrected chi connectivity index (χ2v) is 6.56. The van der Waals surface area contributed by atoms with Crippen molar-refractivity contribution in [3.05, 3.63) is 58.8 Å². The van der Waals surface area contributed by atoms with Gasteiger partial charge in [0.2, 0.25) is 0 Å². The number of para-hydroxylation sites is 1. The van der Waals surface area contributed by atoms with Gasteiger partial charge in [-0.3, -0.25) is 9.69 Å². The molecule has 3 aromatic rings. The van der Waals surface area contributed by atoms with E-state index in [-0.39, 0.29) is 11.7 Å². The zero-order valence-corrected chi connectivity index (χ0v) is 14.7. The monoisotopic (exact) mass is 354 g/mol. The van der Waals surface area contributed by atoms with Gasteiger partial charge < -0.3 is 19.0 Å². The van der Waals surface area contributed by atoms with E-state index in [1.807, 2.05) is 24.5 Å². The minimum absolute atomic E-state index is 0.00799. The third kappa shape index (κ3) is 3.49. The first-order valence-electron chi connectivity index (χ1n) is 8.75. The van der Waals surface area contributed by atoms with Gasteiger partial charge in [-0.15, -0.1) is 0 Å². The summed E-state index contributed by atoms with van der Waals surface area (Å²) in [7, 11) is 1.71. The maximum atomic E-state index is 12.0. The Balaban J connectivity index is 1.38. The smallest absolute Gasteiger partial charge is 0.293 e. The Hall–Kier alpha value is -2.64. The fourth-order valence-electron chi connectivity index (χ4n) is 3.27. The van der Waals surface area contributed by atoms with E-state index in [1.165, 1.54) is 10.1 Å². The van der Waals surface area contributed by atoms with E-state index in [9.17, 15) is 4.79 Å². The molecule has 0 radical (unpaired) electrons. The van der Waals surface area contributed by atoms with Gasteiger partial charge in [-0.1, -0.05) is 18.2 Å². The number of fused-ring (bicyclic) bond motifs is 1. The lowest BCUT2D eigenvalue weighted by Gasteiger charge is -2.32. The van der Waals surface area contributed by atoms with E-state index < -0.39 is 0 Å². The summed E-state index contributed by atoms with van der Waals surface area (Å²) in [4.78, 5) is 18.5. The number of benzene rings is 1. The zero-order chi connectivity index (χ0) is 17.9. The average molecular weight is 354 g/mol.